The van der Waals surface area contributed by atoms with Gasteiger partial charge in [0, 0.05) is 23.5 Å². The number of aliphatic carboxylic acids is 1. The van der Waals surface area contributed by atoms with E-state index in [1.165, 1.54) is 0 Å². The third kappa shape index (κ3) is 4.79. The second-order valence-electron chi connectivity index (χ2n) is 10.9. The Morgan fingerprint density at radius 3 is 2.00 bits per heavy atom. The van der Waals surface area contributed by atoms with E-state index in [0.29, 0.717) is 35.8 Å². The number of H-pyrrole nitrogens is 1. The molecule has 3 N–H and O–H groups in total. The van der Waals surface area contributed by atoms with Crippen LogP contribution in [0.5, 0.6) is 23.0 Å². The van der Waals surface area contributed by atoms with E-state index in [1.54, 1.807) is 13.1 Å². The van der Waals surface area contributed by atoms with E-state index in [2.05, 4.69) is 10.3 Å². The highest BCUT2D eigenvalue weighted by Crippen LogP contribution is 2.38. The standard InChI is InChI=1S/C31H30N2O7/c1-30(13-19-7-9-24-26(11-19)39-17-37-24,14-20-8-10-25-27(12-20)40-18-38-25)28(34)33-31(2,29(35)36)15-21-16-32-23-6-4-3-5-22(21)23/h3-12,16,32H,13-15,17-18H2,1-2H3,(H,33,34)(H,35,36)/t31-/m1/s1. The summed E-state index contributed by atoms with van der Waals surface area (Å²) in [6.07, 6.45) is 2.60. The van der Waals surface area contributed by atoms with Gasteiger partial charge in [0.05, 0.1) is 5.41 Å². The summed E-state index contributed by atoms with van der Waals surface area (Å²) in [7, 11) is 0. The van der Waals surface area contributed by atoms with E-state index >= 15 is 0 Å². The van der Waals surface area contributed by atoms with Gasteiger partial charge in [-0.05, 0) is 66.8 Å². The minimum atomic E-state index is -1.55. The highest BCUT2D eigenvalue weighted by Gasteiger charge is 2.42. The zero-order chi connectivity index (χ0) is 27.9. The van der Waals surface area contributed by atoms with Gasteiger partial charge in [0.25, 0.3) is 0 Å². The van der Waals surface area contributed by atoms with Crippen LogP contribution in [0.25, 0.3) is 10.9 Å². The Balaban J connectivity index is 1.31. The average Bonchev–Trinajstić information content (AvgIpc) is 3.68. The number of carboxylic acid groups (broad SMARTS) is 1. The van der Waals surface area contributed by atoms with Gasteiger partial charge in [0.2, 0.25) is 19.5 Å². The number of aromatic amines is 1. The molecule has 0 saturated heterocycles. The molecule has 3 aromatic carbocycles. The Labute approximate surface area is 231 Å². The molecule has 0 bridgehead atoms. The zero-order valence-corrected chi connectivity index (χ0v) is 22.3. The van der Waals surface area contributed by atoms with Crippen LogP contribution >= 0.6 is 0 Å². The molecule has 6 rings (SSSR count). The first-order chi connectivity index (χ1) is 19.2. The fraction of sp³-hybridized carbons (Fsp3) is 0.290. The predicted octanol–water partition coefficient (Wildman–Crippen LogP) is 4.62. The van der Waals surface area contributed by atoms with Gasteiger partial charge in [0.15, 0.2) is 23.0 Å². The van der Waals surface area contributed by atoms with Crippen LogP contribution in [-0.4, -0.2) is 41.1 Å². The topological polar surface area (TPSA) is 119 Å². The van der Waals surface area contributed by atoms with Crippen LogP contribution in [0, 0.1) is 5.41 Å². The van der Waals surface area contributed by atoms with Crippen LogP contribution in [0.15, 0.2) is 66.9 Å². The lowest BCUT2D eigenvalue weighted by atomic mass is 9.76. The van der Waals surface area contributed by atoms with Crippen LogP contribution in [0.2, 0.25) is 0 Å². The van der Waals surface area contributed by atoms with E-state index in [-0.39, 0.29) is 25.9 Å². The highest BCUT2D eigenvalue weighted by molar-refractivity contribution is 5.91. The van der Waals surface area contributed by atoms with Crippen molar-refractivity contribution in [3.63, 3.8) is 0 Å². The van der Waals surface area contributed by atoms with E-state index in [0.717, 1.165) is 27.6 Å². The second kappa shape index (κ2) is 9.82. The molecule has 2 aliphatic heterocycles. The van der Waals surface area contributed by atoms with Crippen LogP contribution in [0.3, 0.4) is 0 Å². The Bertz CT molecular complexity index is 1550. The summed E-state index contributed by atoms with van der Waals surface area (Å²) in [4.78, 5) is 30.0. The predicted molar refractivity (Wildman–Crippen MR) is 147 cm³/mol. The van der Waals surface area contributed by atoms with E-state index in [1.807, 2.05) is 67.6 Å². The monoisotopic (exact) mass is 542 g/mol. The molecule has 40 heavy (non-hydrogen) atoms. The lowest BCUT2D eigenvalue weighted by molar-refractivity contribution is -0.148. The van der Waals surface area contributed by atoms with Crippen molar-refractivity contribution in [2.45, 2.75) is 38.6 Å². The van der Waals surface area contributed by atoms with Crippen molar-refractivity contribution in [1.29, 1.82) is 0 Å². The normalized spacial score (nSPS) is 15.2. The third-order valence-corrected chi connectivity index (χ3v) is 7.69. The molecule has 0 radical (unpaired) electrons. The van der Waals surface area contributed by atoms with Crippen molar-refractivity contribution in [2.75, 3.05) is 13.6 Å². The minimum Gasteiger partial charge on any atom is -0.480 e. The van der Waals surface area contributed by atoms with Crippen molar-refractivity contribution in [3.05, 3.63) is 83.6 Å². The maximum Gasteiger partial charge on any atom is 0.329 e. The number of nitrogens with one attached hydrogen (secondary N) is 2. The lowest BCUT2D eigenvalue weighted by Gasteiger charge is -2.34. The number of carboxylic acids is 1. The maximum absolute atomic E-state index is 14.2. The molecule has 0 unspecified atom stereocenters. The fourth-order valence-electron chi connectivity index (χ4n) is 5.46. The summed E-state index contributed by atoms with van der Waals surface area (Å²) in [5.74, 6) is 1.08. The van der Waals surface area contributed by atoms with Gasteiger partial charge in [-0.1, -0.05) is 37.3 Å². The number of hydrogen-bond donors (Lipinski definition) is 3. The Kier molecular flexibility index (Phi) is 6.29. The van der Waals surface area contributed by atoms with Crippen LogP contribution in [0.1, 0.15) is 30.5 Å². The molecule has 0 aliphatic carbocycles. The maximum atomic E-state index is 14.2. The molecule has 9 nitrogen and oxygen atoms in total. The van der Waals surface area contributed by atoms with Crippen LogP contribution in [-0.2, 0) is 28.9 Å². The number of carbonyl (C=O) groups excluding carboxylic acids is 1. The third-order valence-electron chi connectivity index (χ3n) is 7.69. The number of para-hydroxylation sites is 1. The molecule has 3 heterocycles. The molecular formula is C31H30N2O7. The van der Waals surface area contributed by atoms with Gasteiger partial charge >= 0.3 is 5.97 Å². The summed E-state index contributed by atoms with van der Waals surface area (Å²) in [6.45, 7) is 3.71. The molecule has 4 aromatic rings. The van der Waals surface area contributed by atoms with Gasteiger partial charge in [-0.25, -0.2) is 4.79 Å². The summed E-state index contributed by atoms with van der Waals surface area (Å²) in [5.41, 5.74) is 0.902. The van der Waals surface area contributed by atoms with Gasteiger partial charge in [-0.3, -0.25) is 4.79 Å². The molecule has 2 aliphatic rings. The van der Waals surface area contributed by atoms with Gasteiger partial charge < -0.3 is 34.4 Å². The second-order valence-corrected chi connectivity index (χ2v) is 10.9. The van der Waals surface area contributed by atoms with Crippen molar-refractivity contribution >= 4 is 22.8 Å². The molecule has 0 saturated carbocycles. The van der Waals surface area contributed by atoms with Gasteiger partial charge in [-0.15, -0.1) is 0 Å². The first-order valence-corrected chi connectivity index (χ1v) is 13.1. The Hall–Kier alpha value is -4.66. The van der Waals surface area contributed by atoms with E-state index < -0.39 is 16.9 Å². The van der Waals surface area contributed by atoms with Crippen LogP contribution < -0.4 is 24.3 Å². The number of ether oxygens (including phenoxy) is 4. The number of hydrogen-bond acceptors (Lipinski definition) is 6. The quantitative estimate of drug-likeness (QED) is 0.282. The van der Waals surface area contributed by atoms with Crippen molar-refractivity contribution in [3.8, 4) is 23.0 Å². The smallest absolute Gasteiger partial charge is 0.329 e. The first kappa shape index (κ1) is 25.6. The highest BCUT2D eigenvalue weighted by atomic mass is 16.7. The fourth-order valence-corrected chi connectivity index (χ4v) is 5.46. The summed E-state index contributed by atoms with van der Waals surface area (Å²) in [6, 6.07) is 18.9. The number of benzene rings is 3. The van der Waals surface area contributed by atoms with Crippen molar-refractivity contribution in [1.82, 2.24) is 10.3 Å². The van der Waals surface area contributed by atoms with Gasteiger partial charge in [0.1, 0.15) is 5.54 Å². The number of aromatic nitrogens is 1. The lowest BCUT2D eigenvalue weighted by Crippen LogP contribution is -2.58. The zero-order valence-electron chi connectivity index (χ0n) is 22.3. The average molecular weight is 543 g/mol. The molecule has 9 heteroatoms. The Morgan fingerprint density at radius 2 is 1.40 bits per heavy atom. The number of carbonyl (C=O) groups is 2. The summed E-state index contributed by atoms with van der Waals surface area (Å²) >= 11 is 0. The van der Waals surface area contributed by atoms with Crippen LogP contribution in [0.4, 0.5) is 0 Å². The minimum absolute atomic E-state index is 0.113. The number of fused-ring (bicyclic) bond motifs is 3. The van der Waals surface area contributed by atoms with E-state index in [4.69, 9.17) is 18.9 Å². The van der Waals surface area contributed by atoms with Crippen molar-refractivity contribution < 1.29 is 33.6 Å². The SMILES string of the molecule is CC(Cc1ccc2c(c1)OCO2)(Cc1ccc2c(c1)OCO2)C(=O)N[C@](C)(Cc1c[nH]c2ccccc12)C(=O)O. The van der Waals surface area contributed by atoms with E-state index in [9.17, 15) is 14.7 Å². The molecule has 206 valence electrons. The van der Waals surface area contributed by atoms with Crippen molar-refractivity contribution in [2.24, 2.45) is 5.41 Å². The first-order valence-electron chi connectivity index (χ1n) is 13.1. The molecule has 0 spiro atoms. The number of amides is 1. The summed E-state index contributed by atoms with van der Waals surface area (Å²) < 4.78 is 22.0. The molecular weight excluding hydrogens is 512 g/mol. The largest absolute Gasteiger partial charge is 0.480 e. The van der Waals surface area contributed by atoms with Gasteiger partial charge in [-0.2, -0.15) is 0 Å². The Morgan fingerprint density at radius 1 is 0.825 bits per heavy atom. The molecule has 1 aromatic heterocycles. The molecule has 1 atom stereocenters. The summed E-state index contributed by atoms with van der Waals surface area (Å²) in [5, 5.41) is 14.2. The molecule has 0 fully saturated rings. The molecule has 1 amide bonds. The number of rotatable bonds is 9.